The van der Waals surface area contributed by atoms with Gasteiger partial charge in [0, 0.05) is 19.0 Å². The highest BCUT2D eigenvalue weighted by Gasteiger charge is 2.24. The SMILES string of the molecule is ClCC1CN(CCC2CC2)CCO1. The molecule has 3 heteroatoms. The molecule has 0 aromatic heterocycles. The van der Waals surface area contributed by atoms with Gasteiger partial charge in [0.05, 0.1) is 12.7 Å². The lowest BCUT2D eigenvalue weighted by atomic mass is 10.2. The van der Waals surface area contributed by atoms with Crippen LogP contribution in [0, 0.1) is 5.92 Å². The molecule has 2 nitrogen and oxygen atoms in total. The van der Waals surface area contributed by atoms with Gasteiger partial charge in [-0.05, 0) is 18.9 Å². The first-order valence-electron chi connectivity index (χ1n) is 5.28. The Morgan fingerprint density at radius 1 is 1.38 bits per heavy atom. The number of hydrogen-bond acceptors (Lipinski definition) is 2. The van der Waals surface area contributed by atoms with Crippen molar-refractivity contribution in [2.24, 2.45) is 5.92 Å². The quantitative estimate of drug-likeness (QED) is 0.646. The van der Waals surface area contributed by atoms with Gasteiger partial charge in [-0.3, -0.25) is 4.90 Å². The molecule has 2 aliphatic rings. The number of rotatable bonds is 4. The van der Waals surface area contributed by atoms with Gasteiger partial charge < -0.3 is 4.74 Å². The van der Waals surface area contributed by atoms with E-state index in [1.807, 2.05) is 0 Å². The highest BCUT2D eigenvalue weighted by atomic mass is 35.5. The number of morpholine rings is 1. The van der Waals surface area contributed by atoms with Crippen LogP contribution in [0.3, 0.4) is 0 Å². The molecule has 2 fully saturated rings. The van der Waals surface area contributed by atoms with E-state index in [9.17, 15) is 0 Å². The van der Waals surface area contributed by atoms with Gasteiger partial charge in [0.2, 0.25) is 0 Å². The van der Waals surface area contributed by atoms with Gasteiger partial charge in [-0.1, -0.05) is 12.8 Å². The monoisotopic (exact) mass is 203 g/mol. The van der Waals surface area contributed by atoms with Crippen LogP contribution in [0.15, 0.2) is 0 Å². The minimum atomic E-state index is 0.273. The molecule has 0 radical (unpaired) electrons. The first kappa shape index (κ1) is 9.75. The molecule has 1 heterocycles. The van der Waals surface area contributed by atoms with Crippen LogP contribution >= 0.6 is 11.6 Å². The maximum Gasteiger partial charge on any atom is 0.0837 e. The summed E-state index contributed by atoms with van der Waals surface area (Å²) in [6, 6.07) is 0. The van der Waals surface area contributed by atoms with E-state index in [1.54, 1.807) is 0 Å². The molecule has 13 heavy (non-hydrogen) atoms. The minimum absolute atomic E-state index is 0.273. The van der Waals surface area contributed by atoms with Crippen molar-refractivity contribution in [2.45, 2.75) is 25.4 Å². The molecule has 0 aromatic rings. The van der Waals surface area contributed by atoms with E-state index in [2.05, 4.69) is 4.90 Å². The van der Waals surface area contributed by atoms with Crippen LogP contribution in [0.4, 0.5) is 0 Å². The van der Waals surface area contributed by atoms with Crippen LogP contribution in [0.2, 0.25) is 0 Å². The summed E-state index contributed by atoms with van der Waals surface area (Å²) in [6.07, 6.45) is 4.58. The first-order valence-corrected chi connectivity index (χ1v) is 5.82. The lowest BCUT2D eigenvalue weighted by Gasteiger charge is -2.31. The van der Waals surface area contributed by atoms with Gasteiger partial charge in [0.1, 0.15) is 0 Å². The lowest BCUT2D eigenvalue weighted by Crippen LogP contribution is -2.43. The zero-order chi connectivity index (χ0) is 9.10. The van der Waals surface area contributed by atoms with Gasteiger partial charge in [-0.2, -0.15) is 0 Å². The van der Waals surface area contributed by atoms with Crippen molar-refractivity contribution in [1.82, 2.24) is 4.90 Å². The Kier molecular flexibility index (Phi) is 3.47. The summed E-state index contributed by atoms with van der Waals surface area (Å²) in [5.74, 6) is 1.68. The summed E-state index contributed by atoms with van der Waals surface area (Å²) < 4.78 is 5.51. The second kappa shape index (κ2) is 4.63. The Hall–Kier alpha value is 0.210. The van der Waals surface area contributed by atoms with Gasteiger partial charge >= 0.3 is 0 Å². The molecule has 2 rings (SSSR count). The predicted octanol–water partition coefficient (Wildman–Crippen LogP) is 1.73. The molecular formula is C10H18ClNO. The predicted molar refractivity (Wildman–Crippen MR) is 54.2 cm³/mol. The smallest absolute Gasteiger partial charge is 0.0837 e. The Labute approximate surface area is 85.2 Å². The third-order valence-electron chi connectivity index (χ3n) is 2.95. The van der Waals surface area contributed by atoms with Crippen LogP contribution in [0.25, 0.3) is 0 Å². The molecule has 1 unspecified atom stereocenters. The number of ether oxygens (including phenoxy) is 1. The fraction of sp³-hybridized carbons (Fsp3) is 1.00. The number of halogens is 1. The molecular weight excluding hydrogens is 186 g/mol. The topological polar surface area (TPSA) is 12.5 Å². The van der Waals surface area contributed by atoms with Crippen molar-refractivity contribution in [1.29, 1.82) is 0 Å². The summed E-state index contributed by atoms with van der Waals surface area (Å²) in [5, 5.41) is 0. The first-order chi connectivity index (χ1) is 6.38. The van der Waals surface area contributed by atoms with Gasteiger partial charge in [-0.25, -0.2) is 0 Å². The normalized spacial score (nSPS) is 30.7. The van der Waals surface area contributed by atoms with Gasteiger partial charge in [0.15, 0.2) is 0 Å². The Bertz CT molecular complexity index is 161. The molecule has 1 atom stereocenters. The van der Waals surface area contributed by atoms with Gasteiger partial charge in [0.25, 0.3) is 0 Å². The Balaban J connectivity index is 1.65. The second-order valence-corrected chi connectivity index (χ2v) is 4.49. The number of nitrogens with zero attached hydrogens (tertiary/aromatic N) is 1. The molecule has 0 amide bonds. The third kappa shape index (κ3) is 3.12. The molecule has 1 aliphatic carbocycles. The van der Waals surface area contributed by atoms with Crippen molar-refractivity contribution in [3.8, 4) is 0 Å². The molecule has 0 aromatic carbocycles. The summed E-state index contributed by atoms with van der Waals surface area (Å²) >= 11 is 5.77. The van der Waals surface area contributed by atoms with E-state index in [0.717, 1.165) is 25.6 Å². The minimum Gasteiger partial charge on any atom is -0.374 e. The van der Waals surface area contributed by atoms with Gasteiger partial charge in [-0.15, -0.1) is 11.6 Å². The molecule has 1 saturated carbocycles. The maximum absolute atomic E-state index is 5.77. The molecule has 76 valence electrons. The zero-order valence-electron chi connectivity index (χ0n) is 8.04. The Morgan fingerprint density at radius 3 is 2.92 bits per heavy atom. The van der Waals surface area contributed by atoms with E-state index in [0.29, 0.717) is 5.88 Å². The van der Waals surface area contributed by atoms with E-state index >= 15 is 0 Å². The molecule has 0 N–H and O–H groups in total. The largest absolute Gasteiger partial charge is 0.374 e. The molecule has 0 bridgehead atoms. The fourth-order valence-electron chi connectivity index (χ4n) is 1.85. The van der Waals surface area contributed by atoms with E-state index in [-0.39, 0.29) is 6.10 Å². The van der Waals surface area contributed by atoms with Crippen molar-refractivity contribution >= 4 is 11.6 Å². The number of alkyl halides is 1. The average Bonchev–Trinajstić information content (AvgIpc) is 2.99. The fourth-order valence-corrected chi connectivity index (χ4v) is 2.04. The van der Waals surface area contributed by atoms with Crippen molar-refractivity contribution in [3.05, 3.63) is 0 Å². The molecule has 1 aliphatic heterocycles. The standard InChI is InChI=1S/C10H18ClNO/c11-7-10-8-12(5-6-13-10)4-3-9-1-2-9/h9-10H,1-8H2. The van der Waals surface area contributed by atoms with Crippen molar-refractivity contribution in [3.63, 3.8) is 0 Å². The Morgan fingerprint density at radius 2 is 2.23 bits per heavy atom. The summed E-state index contributed by atoms with van der Waals surface area (Å²) in [6.45, 7) is 4.25. The molecule has 1 saturated heterocycles. The van der Waals surface area contributed by atoms with Crippen LogP contribution in [0.1, 0.15) is 19.3 Å². The summed E-state index contributed by atoms with van der Waals surface area (Å²) in [4.78, 5) is 2.49. The second-order valence-electron chi connectivity index (χ2n) is 4.18. The van der Waals surface area contributed by atoms with Crippen molar-refractivity contribution in [2.75, 3.05) is 32.1 Å². The third-order valence-corrected chi connectivity index (χ3v) is 3.29. The lowest BCUT2D eigenvalue weighted by molar-refractivity contribution is -0.0170. The number of hydrogen-bond donors (Lipinski definition) is 0. The highest BCUT2D eigenvalue weighted by molar-refractivity contribution is 6.18. The zero-order valence-corrected chi connectivity index (χ0v) is 8.80. The summed E-state index contributed by atoms with van der Waals surface area (Å²) in [7, 11) is 0. The van der Waals surface area contributed by atoms with Crippen LogP contribution < -0.4 is 0 Å². The van der Waals surface area contributed by atoms with E-state index in [4.69, 9.17) is 16.3 Å². The van der Waals surface area contributed by atoms with Crippen molar-refractivity contribution < 1.29 is 4.74 Å². The van der Waals surface area contributed by atoms with Crippen LogP contribution in [0.5, 0.6) is 0 Å². The average molecular weight is 204 g/mol. The maximum atomic E-state index is 5.77. The van der Waals surface area contributed by atoms with E-state index in [1.165, 1.54) is 25.8 Å². The molecule has 0 spiro atoms. The highest BCUT2D eigenvalue weighted by Crippen LogP contribution is 2.32. The summed E-state index contributed by atoms with van der Waals surface area (Å²) in [5.41, 5.74) is 0. The van der Waals surface area contributed by atoms with Crippen LogP contribution in [-0.4, -0.2) is 43.1 Å². The van der Waals surface area contributed by atoms with E-state index < -0.39 is 0 Å². The van der Waals surface area contributed by atoms with Crippen LogP contribution in [-0.2, 0) is 4.74 Å².